The molecule has 14 heavy (non-hydrogen) atoms. The van der Waals surface area contributed by atoms with Gasteiger partial charge in [-0.2, -0.15) is 5.21 Å². The van der Waals surface area contributed by atoms with E-state index in [2.05, 4.69) is 32.6 Å². The Morgan fingerprint density at radius 2 is 2.00 bits per heavy atom. The van der Waals surface area contributed by atoms with Gasteiger partial charge >= 0.3 is 0 Å². The van der Waals surface area contributed by atoms with E-state index in [0.29, 0.717) is 5.92 Å². The Morgan fingerprint density at radius 3 is 2.57 bits per heavy atom. The van der Waals surface area contributed by atoms with E-state index in [-0.39, 0.29) is 0 Å². The number of piperidine rings is 1. The van der Waals surface area contributed by atoms with Crippen LogP contribution in [0.25, 0.3) is 0 Å². The number of aromatic amines is 1. The number of nitrogens with one attached hydrogen (secondary N) is 1. The number of tetrazole rings is 1. The standard InChI is InChI=1S/C9H15N5/c1-14-7-2-3-8(14)5-6(4-7)9-10-12-13-11-9/h6-8H,2-5H2,1H3,(H,10,11,12,13)/t7-,8-/m0/s1. The predicted octanol–water partition coefficient (Wildman–Crippen LogP) is 0.540. The summed E-state index contributed by atoms with van der Waals surface area (Å²) < 4.78 is 0. The van der Waals surface area contributed by atoms with Gasteiger partial charge in [0.05, 0.1) is 0 Å². The molecule has 0 unspecified atom stereocenters. The summed E-state index contributed by atoms with van der Waals surface area (Å²) in [5.74, 6) is 1.44. The predicted molar refractivity (Wildman–Crippen MR) is 50.7 cm³/mol. The van der Waals surface area contributed by atoms with Crippen LogP contribution in [-0.4, -0.2) is 44.7 Å². The van der Waals surface area contributed by atoms with Crippen molar-refractivity contribution >= 4 is 0 Å². The van der Waals surface area contributed by atoms with Crippen LogP contribution in [0.5, 0.6) is 0 Å². The highest BCUT2D eigenvalue weighted by molar-refractivity contribution is 5.03. The molecule has 0 aliphatic carbocycles. The second kappa shape index (κ2) is 3.02. The van der Waals surface area contributed by atoms with Gasteiger partial charge in [-0.1, -0.05) is 5.21 Å². The van der Waals surface area contributed by atoms with Crippen molar-refractivity contribution in [1.29, 1.82) is 0 Å². The third-order valence-electron chi connectivity index (χ3n) is 3.83. The van der Waals surface area contributed by atoms with Gasteiger partial charge in [0, 0.05) is 18.0 Å². The Bertz CT molecular complexity index is 295. The number of hydrogen-bond donors (Lipinski definition) is 1. The number of fused-ring (bicyclic) bond motifs is 2. The van der Waals surface area contributed by atoms with E-state index in [1.165, 1.54) is 25.7 Å². The van der Waals surface area contributed by atoms with Crippen LogP contribution < -0.4 is 0 Å². The minimum absolute atomic E-state index is 0.530. The molecule has 2 fully saturated rings. The maximum atomic E-state index is 4.10. The van der Waals surface area contributed by atoms with Gasteiger partial charge < -0.3 is 4.90 Å². The summed E-state index contributed by atoms with van der Waals surface area (Å²) in [5, 5.41) is 14.4. The summed E-state index contributed by atoms with van der Waals surface area (Å²) in [4.78, 5) is 2.52. The van der Waals surface area contributed by atoms with Crippen LogP contribution in [0.1, 0.15) is 37.4 Å². The van der Waals surface area contributed by atoms with Crippen LogP contribution in [-0.2, 0) is 0 Å². The molecule has 2 atom stereocenters. The maximum absolute atomic E-state index is 4.10. The number of rotatable bonds is 1. The molecule has 5 heteroatoms. The molecule has 0 radical (unpaired) electrons. The third kappa shape index (κ3) is 1.15. The summed E-state index contributed by atoms with van der Waals surface area (Å²) in [6, 6.07) is 1.49. The molecular formula is C9H15N5. The van der Waals surface area contributed by atoms with Crippen molar-refractivity contribution in [2.45, 2.75) is 43.7 Å². The lowest BCUT2D eigenvalue weighted by Crippen LogP contribution is -2.39. The average molecular weight is 193 g/mol. The Balaban J connectivity index is 1.80. The molecule has 1 N–H and O–H groups in total. The molecule has 1 aromatic heterocycles. The van der Waals surface area contributed by atoms with Gasteiger partial charge in [0.25, 0.3) is 0 Å². The van der Waals surface area contributed by atoms with Crippen molar-refractivity contribution in [1.82, 2.24) is 25.5 Å². The summed E-state index contributed by atoms with van der Waals surface area (Å²) >= 11 is 0. The molecule has 5 nitrogen and oxygen atoms in total. The van der Waals surface area contributed by atoms with E-state index in [0.717, 1.165) is 17.9 Å². The number of H-pyrrole nitrogens is 1. The Hall–Kier alpha value is -0.970. The van der Waals surface area contributed by atoms with Crippen LogP contribution in [0.2, 0.25) is 0 Å². The fraction of sp³-hybridized carbons (Fsp3) is 0.889. The number of hydrogen-bond acceptors (Lipinski definition) is 4. The number of aromatic nitrogens is 4. The molecule has 0 saturated carbocycles. The highest BCUT2D eigenvalue weighted by Gasteiger charge is 2.40. The first kappa shape index (κ1) is 8.35. The van der Waals surface area contributed by atoms with E-state index in [9.17, 15) is 0 Å². The fourth-order valence-corrected chi connectivity index (χ4v) is 2.96. The zero-order valence-corrected chi connectivity index (χ0v) is 8.35. The first-order valence-corrected chi connectivity index (χ1v) is 5.30. The average Bonchev–Trinajstić information content (AvgIpc) is 2.75. The molecule has 76 valence electrons. The normalized spacial score (nSPS) is 37.6. The molecule has 2 aliphatic rings. The first-order valence-electron chi connectivity index (χ1n) is 5.30. The molecule has 2 aliphatic heterocycles. The van der Waals surface area contributed by atoms with Crippen LogP contribution in [0, 0.1) is 0 Å². The quantitative estimate of drug-likeness (QED) is 0.707. The second-order valence-electron chi connectivity index (χ2n) is 4.49. The minimum atomic E-state index is 0.530. The molecule has 3 rings (SSSR count). The first-order chi connectivity index (χ1) is 6.84. The Labute approximate surface area is 82.9 Å². The summed E-state index contributed by atoms with van der Waals surface area (Å²) in [6.45, 7) is 0. The van der Waals surface area contributed by atoms with Crippen molar-refractivity contribution in [3.8, 4) is 0 Å². The summed E-state index contributed by atoms with van der Waals surface area (Å²) in [6.07, 6.45) is 5.09. The van der Waals surface area contributed by atoms with Gasteiger partial charge in [-0.05, 0) is 32.7 Å². The SMILES string of the molecule is CN1[C@H]2CC[C@H]1CC(c1nn[nH]n1)C2. The lowest BCUT2D eigenvalue weighted by Gasteiger charge is -2.34. The zero-order valence-electron chi connectivity index (χ0n) is 8.35. The molecular weight excluding hydrogens is 178 g/mol. The highest BCUT2D eigenvalue weighted by Crippen LogP contribution is 2.40. The number of nitrogens with zero attached hydrogens (tertiary/aromatic N) is 4. The topological polar surface area (TPSA) is 57.7 Å². The van der Waals surface area contributed by atoms with Gasteiger partial charge in [0.15, 0.2) is 5.82 Å². The lowest BCUT2D eigenvalue weighted by atomic mass is 9.91. The molecule has 3 heterocycles. The van der Waals surface area contributed by atoms with Gasteiger partial charge in [0.2, 0.25) is 0 Å². The summed E-state index contributed by atoms with van der Waals surface area (Å²) in [7, 11) is 2.24. The monoisotopic (exact) mass is 193 g/mol. The Kier molecular flexibility index (Phi) is 1.80. The highest BCUT2D eigenvalue weighted by atomic mass is 15.5. The minimum Gasteiger partial charge on any atom is -0.300 e. The van der Waals surface area contributed by atoms with E-state index in [1.54, 1.807) is 0 Å². The van der Waals surface area contributed by atoms with Crippen LogP contribution in [0.4, 0.5) is 0 Å². The molecule has 0 aromatic carbocycles. The van der Waals surface area contributed by atoms with Crippen molar-refractivity contribution < 1.29 is 0 Å². The third-order valence-corrected chi connectivity index (χ3v) is 3.83. The second-order valence-corrected chi connectivity index (χ2v) is 4.49. The van der Waals surface area contributed by atoms with Gasteiger partial charge in [0.1, 0.15) is 0 Å². The maximum Gasteiger partial charge on any atom is 0.177 e. The largest absolute Gasteiger partial charge is 0.300 e. The van der Waals surface area contributed by atoms with Crippen molar-refractivity contribution in [2.75, 3.05) is 7.05 Å². The van der Waals surface area contributed by atoms with Crippen LogP contribution in [0.3, 0.4) is 0 Å². The molecule has 2 bridgehead atoms. The molecule has 1 aromatic rings. The van der Waals surface area contributed by atoms with E-state index in [1.807, 2.05) is 0 Å². The van der Waals surface area contributed by atoms with E-state index >= 15 is 0 Å². The Morgan fingerprint density at radius 1 is 1.29 bits per heavy atom. The van der Waals surface area contributed by atoms with Crippen molar-refractivity contribution in [3.05, 3.63) is 5.82 Å². The van der Waals surface area contributed by atoms with Crippen LogP contribution in [0.15, 0.2) is 0 Å². The lowest BCUT2D eigenvalue weighted by molar-refractivity contribution is 0.159. The smallest absolute Gasteiger partial charge is 0.177 e. The molecule has 2 saturated heterocycles. The molecule has 0 spiro atoms. The van der Waals surface area contributed by atoms with Gasteiger partial charge in [-0.15, -0.1) is 10.2 Å². The molecule has 0 amide bonds. The van der Waals surface area contributed by atoms with Gasteiger partial charge in [-0.25, -0.2) is 0 Å². The van der Waals surface area contributed by atoms with Crippen molar-refractivity contribution in [2.24, 2.45) is 0 Å². The fourth-order valence-electron chi connectivity index (χ4n) is 2.96. The zero-order chi connectivity index (χ0) is 9.54. The summed E-state index contributed by atoms with van der Waals surface area (Å²) in [5.41, 5.74) is 0. The van der Waals surface area contributed by atoms with Crippen LogP contribution >= 0.6 is 0 Å². The van der Waals surface area contributed by atoms with E-state index < -0.39 is 0 Å². The van der Waals surface area contributed by atoms with Gasteiger partial charge in [-0.3, -0.25) is 0 Å². The van der Waals surface area contributed by atoms with E-state index in [4.69, 9.17) is 0 Å². The van der Waals surface area contributed by atoms with Crippen molar-refractivity contribution in [3.63, 3.8) is 0 Å².